The van der Waals surface area contributed by atoms with Gasteiger partial charge in [0.2, 0.25) is 0 Å². The van der Waals surface area contributed by atoms with Gasteiger partial charge in [-0.3, -0.25) is 4.79 Å². The SMILES string of the molecule is O=C(CCl)c1ccc(O)c(Br)c1I. The minimum Gasteiger partial charge on any atom is -0.507 e. The van der Waals surface area contributed by atoms with Gasteiger partial charge in [0.15, 0.2) is 5.78 Å². The molecular weight excluding hydrogens is 370 g/mol. The van der Waals surface area contributed by atoms with Crippen LogP contribution >= 0.6 is 50.1 Å². The van der Waals surface area contributed by atoms with Gasteiger partial charge in [0.25, 0.3) is 0 Å². The second-order valence-corrected chi connectivity index (χ2v) is 4.46. The molecule has 1 aromatic rings. The number of halogens is 3. The first-order chi connectivity index (χ1) is 6.07. The number of carbonyl (C=O) groups excluding carboxylic acids is 1. The average molecular weight is 375 g/mol. The molecule has 0 radical (unpaired) electrons. The summed E-state index contributed by atoms with van der Waals surface area (Å²) in [6, 6.07) is 3.03. The number of benzene rings is 1. The highest BCUT2D eigenvalue weighted by Gasteiger charge is 2.13. The number of carbonyl (C=O) groups is 1. The van der Waals surface area contributed by atoms with Crippen LogP contribution in [0.3, 0.4) is 0 Å². The molecule has 0 saturated heterocycles. The predicted molar refractivity (Wildman–Crippen MR) is 63.6 cm³/mol. The molecule has 0 aliphatic heterocycles. The van der Waals surface area contributed by atoms with E-state index in [1.807, 2.05) is 22.6 Å². The highest BCUT2D eigenvalue weighted by atomic mass is 127. The summed E-state index contributed by atoms with van der Waals surface area (Å²) in [4.78, 5) is 11.3. The number of aromatic hydroxyl groups is 1. The topological polar surface area (TPSA) is 37.3 Å². The molecule has 0 aliphatic carbocycles. The number of ketones is 1. The van der Waals surface area contributed by atoms with Crippen LogP contribution in [-0.2, 0) is 0 Å². The van der Waals surface area contributed by atoms with E-state index in [-0.39, 0.29) is 17.4 Å². The second kappa shape index (κ2) is 4.61. The smallest absolute Gasteiger partial charge is 0.178 e. The van der Waals surface area contributed by atoms with Gasteiger partial charge in [0.05, 0.1) is 10.4 Å². The lowest BCUT2D eigenvalue weighted by atomic mass is 10.1. The van der Waals surface area contributed by atoms with Crippen molar-refractivity contribution in [2.75, 3.05) is 5.88 Å². The lowest BCUT2D eigenvalue weighted by Gasteiger charge is -2.04. The maximum absolute atomic E-state index is 11.3. The van der Waals surface area contributed by atoms with Gasteiger partial charge in [0, 0.05) is 9.13 Å². The number of hydrogen-bond donors (Lipinski definition) is 1. The van der Waals surface area contributed by atoms with Gasteiger partial charge in [-0.1, -0.05) is 0 Å². The van der Waals surface area contributed by atoms with Crippen LogP contribution in [0.25, 0.3) is 0 Å². The van der Waals surface area contributed by atoms with Crippen LogP contribution in [0.4, 0.5) is 0 Å². The van der Waals surface area contributed by atoms with E-state index in [1.54, 1.807) is 6.07 Å². The van der Waals surface area contributed by atoms with Crippen molar-refractivity contribution < 1.29 is 9.90 Å². The molecule has 0 saturated carbocycles. The lowest BCUT2D eigenvalue weighted by Crippen LogP contribution is -2.03. The minimum atomic E-state index is -0.147. The van der Waals surface area contributed by atoms with Crippen molar-refractivity contribution in [3.05, 3.63) is 25.7 Å². The fourth-order valence-corrected chi connectivity index (χ4v) is 2.07. The quantitative estimate of drug-likeness (QED) is 0.490. The zero-order chi connectivity index (χ0) is 10.0. The van der Waals surface area contributed by atoms with Gasteiger partial charge in [-0.15, -0.1) is 11.6 Å². The molecule has 1 aromatic carbocycles. The lowest BCUT2D eigenvalue weighted by molar-refractivity contribution is 0.102. The van der Waals surface area contributed by atoms with Gasteiger partial charge in [-0.2, -0.15) is 0 Å². The van der Waals surface area contributed by atoms with Crippen molar-refractivity contribution in [3.8, 4) is 5.75 Å². The minimum absolute atomic E-state index is 0.0484. The van der Waals surface area contributed by atoms with Crippen LogP contribution in [0.15, 0.2) is 16.6 Å². The van der Waals surface area contributed by atoms with Gasteiger partial charge in [-0.05, 0) is 50.7 Å². The summed E-state index contributed by atoms with van der Waals surface area (Å²) in [7, 11) is 0. The van der Waals surface area contributed by atoms with Crippen molar-refractivity contribution in [1.82, 2.24) is 0 Å². The normalized spacial score (nSPS) is 10.1. The molecule has 1 N–H and O–H groups in total. The Hall–Kier alpha value is 0.190. The summed E-state index contributed by atoms with van der Waals surface area (Å²) in [6.07, 6.45) is 0. The molecule has 0 aromatic heterocycles. The summed E-state index contributed by atoms with van der Waals surface area (Å²) < 4.78 is 1.22. The Morgan fingerprint density at radius 3 is 2.77 bits per heavy atom. The van der Waals surface area contributed by atoms with Crippen molar-refractivity contribution in [2.24, 2.45) is 0 Å². The molecule has 2 nitrogen and oxygen atoms in total. The first-order valence-electron chi connectivity index (χ1n) is 3.34. The molecule has 1 rings (SSSR count). The van der Waals surface area contributed by atoms with Crippen molar-refractivity contribution in [1.29, 1.82) is 0 Å². The third kappa shape index (κ3) is 2.35. The maximum atomic E-state index is 11.3. The summed E-state index contributed by atoms with van der Waals surface area (Å²) >= 11 is 10.6. The summed E-state index contributed by atoms with van der Waals surface area (Å²) in [5, 5.41) is 9.28. The average Bonchev–Trinajstić information content (AvgIpc) is 2.13. The molecule has 0 spiro atoms. The number of phenolic OH excluding ortho intramolecular Hbond substituents is 1. The monoisotopic (exact) mass is 374 g/mol. The molecule has 70 valence electrons. The zero-order valence-corrected chi connectivity index (χ0v) is 10.9. The molecule has 0 amide bonds. The van der Waals surface area contributed by atoms with E-state index in [1.165, 1.54) is 6.07 Å². The van der Waals surface area contributed by atoms with Crippen LogP contribution in [0.2, 0.25) is 0 Å². The third-order valence-electron chi connectivity index (χ3n) is 1.48. The van der Waals surface area contributed by atoms with Gasteiger partial charge in [0.1, 0.15) is 5.75 Å². The molecule has 0 aliphatic rings. The highest BCUT2D eigenvalue weighted by molar-refractivity contribution is 14.1. The predicted octanol–water partition coefficient (Wildman–Crippen LogP) is 3.18. The van der Waals surface area contributed by atoms with E-state index in [0.717, 1.165) is 0 Å². The fraction of sp³-hybridized carbons (Fsp3) is 0.125. The Labute approximate surface area is 103 Å². The maximum Gasteiger partial charge on any atom is 0.178 e. The molecule has 5 heteroatoms. The first kappa shape index (κ1) is 11.3. The van der Waals surface area contributed by atoms with Gasteiger partial charge in [-0.25, -0.2) is 0 Å². The molecule has 0 heterocycles. The number of alkyl halides is 1. The fourth-order valence-electron chi connectivity index (χ4n) is 0.827. The zero-order valence-electron chi connectivity index (χ0n) is 6.35. The number of rotatable bonds is 2. The van der Waals surface area contributed by atoms with Crippen molar-refractivity contribution >= 4 is 55.9 Å². The third-order valence-corrected chi connectivity index (χ3v) is 4.39. The van der Waals surface area contributed by atoms with E-state index in [9.17, 15) is 9.90 Å². The Morgan fingerprint density at radius 2 is 2.23 bits per heavy atom. The molecule has 0 unspecified atom stereocenters. The molecule has 0 fully saturated rings. The second-order valence-electron chi connectivity index (χ2n) is 2.32. The largest absolute Gasteiger partial charge is 0.507 e. The molecular formula is C8H5BrClIO2. The van der Waals surface area contributed by atoms with Crippen LogP contribution in [0, 0.1) is 3.57 Å². The molecule has 0 atom stereocenters. The van der Waals surface area contributed by atoms with Gasteiger partial charge < -0.3 is 5.11 Å². The Balaban J connectivity index is 3.26. The summed E-state index contributed by atoms with van der Waals surface area (Å²) in [5.41, 5.74) is 0.528. The van der Waals surface area contributed by atoms with E-state index >= 15 is 0 Å². The van der Waals surface area contributed by atoms with E-state index in [2.05, 4.69) is 15.9 Å². The van der Waals surface area contributed by atoms with E-state index in [0.29, 0.717) is 13.6 Å². The van der Waals surface area contributed by atoms with Crippen LogP contribution in [0.1, 0.15) is 10.4 Å². The molecule has 0 bridgehead atoms. The summed E-state index contributed by atoms with van der Waals surface area (Å²) in [5.74, 6) is -0.0741. The van der Waals surface area contributed by atoms with E-state index in [4.69, 9.17) is 11.6 Å². The van der Waals surface area contributed by atoms with Crippen LogP contribution < -0.4 is 0 Å². The number of hydrogen-bond acceptors (Lipinski definition) is 2. The standard InChI is InChI=1S/C8H5BrClIO2/c9-7-5(12)2-1-4(8(7)11)6(13)3-10/h1-2,12H,3H2. The molecule has 13 heavy (non-hydrogen) atoms. The number of Topliss-reactive ketones (excluding diaryl/α,β-unsaturated/α-hetero) is 1. The summed E-state index contributed by atoms with van der Waals surface area (Å²) in [6.45, 7) is 0. The van der Waals surface area contributed by atoms with Crippen molar-refractivity contribution in [2.45, 2.75) is 0 Å². The van der Waals surface area contributed by atoms with Crippen LogP contribution in [-0.4, -0.2) is 16.8 Å². The Kier molecular flexibility index (Phi) is 4.00. The van der Waals surface area contributed by atoms with Gasteiger partial charge >= 0.3 is 0 Å². The highest BCUT2D eigenvalue weighted by Crippen LogP contribution is 2.31. The number of phenols is 1. The Morgan fingerprint density at radius 1 is 1.62 bits per heavy atom. The van der Waals surface area contributed by atoms with Crippen LogP contribution in [0.5, 0.6) is 5.75 Å². The first-order valence-corrected chi connectivity index (χ1v) is 5.74. The Bertz CT molecular complexity index is 354. The van der Waals surface area contributed by atoms with E-state index < -0.39 is 0 Å². The van der Waals surface area contributed by atoms with Crippen molar-refractivity contribution in [3.63, 3.8) is 0 Å².